The minimum atomic E-state index is -0.456. The minimum absolute atomic E-state index is 0.202. The molecule has 570 valence electrons. The molecule has 5 heterocycles. The number of benzene rings is 18. The lowest BCUT2D eigenvalue weighted by atomic mass is 9.74. The van der Waals surface area contributed by atoms with E-state index in [-0.39, 0.29) is 5.28 Å². The lowest BCUT2D eigenvalue weighted by Gasteiger charge is -2.32. The molecule has 1 aliphatic rings. The Morgan fingerprint density at radius 2 is 0.525 bits per heavy atom. The van der Waals surface area contributed by atoms with Crippen molar-refractivity contribution >= 4 is 132 Å². The van der Waals surface area contributed by atoms with Crippen LogP contribution in [0, 0.1) is 0 Å². The molecule has 0 radical (unpaired) electrons. The van der Waals surface area contributed by atoms with Crippen molar-refractivity contribution in [3.05, 3.63) is 394 Å². The highest BCUT2D eigenvalue weighted by molar-refractivity contribution is 6.66. The zero-order valence-electron chi connectivity index (χ0n) is 66.3. The summed E-state index contributed by atoms with van der Waals surface area (Å²) in [7, 11) is -0.456. The Morgan fingerprint density at radius 1 is 0.233 bits per heavy atom. The number of fused-ring (bicyclic) bond motifs is 18. The highest BCUT2D eigenvalue weighted by Crippen LogP contribution is 2.46. The highest BCUT2D eigenvalue weighted by atomic mass is 35.5. The van der Waals surface area contributed by atoms with Crippen molar-refractivity contribution in [1.82, 2.24) is 39.0 Å². The second-order valence-electron chi connectivity index (χ2n) is 31.6. The summed E-state index contributed by atoms with van der Waals surface area (Å²) in [6.45, 7) is 8.48. The van der Waals surface area contributed by atoms with Crippen LogP contribution >= 0.6 is 11.6 Å². The molecule has 1 aliphatic heterocycles. The first kappa shape index (κ1) is 73.1. The van der Waals surface area contributed by atoms with Crippen LogP contribution in [-0.2, 0) is 9.31 Å². The topological polar surface area (TPSA) is 106 Å². The maximum atomic E-state index is 6.64. The van der Waals surface area contributed by atoms with Gasteiger partial charge in [0, 0.05) is 66.1 Å². The van der Waals surface area contributed by atoms with Gasteiger partial charge in [-0.25, -0.2) is 19.9 Å². The maximum absolute atomic E-state index is 6.64. The normalized spacial score (nSPS) is 13.1. The zero-order valence-corrected chi connectivity index (χ0v) is 67.1. The molecule has 0 unspecified atom stereocenters. The van der Waals surface area contributed by atoms with Gasteiger partial charge in [-0.3, -0.25) is 0 Å². The molecule has 0 N–H and O–H groups in total. The van der Waals surface area contributed by atoms with E-state index >= 15 is 0 Å². The van der Waals surface area contributed by atoms with Gasteiger partial charge in [0.05, 0.1) is 33.3 Å². The molecular formula is C108H76BClN8O2. The number of hydrogen-bond donors (Lipinski definition) is 0. The van der Waals surface area contributed by atoms with Gasteiger partial charge >= 0.3 is 7.12 Å². The van der Waals surface area contributed by atoms with Crippen LogP contribution in [0.4, 0.5) is 0 Å². The van der Waals surface area contributed by atoms with Gasteiger partial charge in [0.2, 0.25) is 5.28 Å². The summed E-state index contributed by atoms with van der Waals surface area (Å²) in [4.78, 5) is 28.2. The number of para-hydroxylation sites is 4. The number of hydrogen-bond acceptors (Lipinski definition) is 8. The van der Waals surface area contributed by atoms with Crippen molar-refractivity contribution in [2.75, 3.05) is 0 Å². The van der Waals surface area contributed by atoms with Crippen LogP contribution in [0.3, 0.4) is 0 Å². The fraction of sp³-hybridized carbons (Fsp3) is 0.0556. The Hall–Kier alpha value is -14.6. The first-order valence-electron chi connectivity index (χ1n) is 40.6. The van der Waals surface area contributed by atoms with Gasteiger partial charge in [-0.1, -0.05) is 315 Å². The molecular weight excluding hydrogens is 1490 g/mol. The summed E-state index contributed by atoms with van der Waals surface area (Å²) in [5, 5.41) is 19.6. The smallest absolute Gasteiger partial charge is 0.399 e. The van der Waals surface area contributed by atoms with Crippen molar-refractivity contribution in [2.45, 2.75) is 38.9 Å². The van der Waals surface area contributed by atoms with Crippen molar-refractivity contribution < 1.29 is 9.31 Å². The molecule has 0 amide bonds. The molecule has 12 heteroatoms. The van der Waals surface area contributed by atoms with E-state index in [4.69, 9.17) is 35.9 Å². The van der Waals surface area contributed by atoms with E-state index in [1.165, 1.54) is 120 Å². The first-order valence-corrected chi connectivity index (χ1v) is 41.0. The lowest BCUT2D eigenvalue weighted by molar-refractivity contribution is 0.00578. The van der Waals surface area contributed by atoms with Crippen LogP contribution in [0.2, 0.25) is 5.28 Å². The molecule has 0 spiro atoms. The van der Waals surface area contributed by atoms with Crippen LogP contribution < -0.4 is 5.46 Å². The van der Waals surface area contributed by atoms with E-state index in [1.54, 1.807) is 0 Å². The predicted octanol–water partition coefficient (Wildman–Crippen LogP) is 27.2. The van der Waals surface area contributed by atoms with Crippen LogP contribution in [0.5, 0.6) is 0 Å². The van der Waals surface area contributed by atoms with Gasteiger partial charge < -0.3 is 18.4 Å². The van der Waals surface area contributed by atoms with Crippen LogP contribution in [-0.4, -0.2) is 57.4 Å². The molecule has 0 saturated carbocycles. The molecule has 0 atom stereocenters. The second-order valence-corrected chi connectivity index (χ2v) is 31.9. The largest absolute Gasteiger partial charge is 0.495 e. The van der Waals surface area contributed by atoms with Crippen molar-refractivity contribution in [2.24, 2.45) is 0 Å². The Kier molecular flexibility index (Phi) is 18.4. The summed E-state index contributed by atoms with van der Waals surface area (Å²) < 4.78 is 18.0. The fourth-order valence-corrected chi connectivity index (χ4v) is 17.6. The van der Waals surface area contributed by atoms with Crippen molar-refractivity contribution in [3.8, 4) is 90.6 Å². The van der Waals surface area contributed by atoms with Gasteiger partial charge in [-0.15, -0.1) is 0 Å². The van der Waals surface area contributed by atoms with E-state index in [0.29, 0.717) is 29.1 Å². The third kappa shape index (κ3) is 13.0. The summed E-state index contributed by atoms with van der Waals surface area (Å²) in [5.41, 5.74) is 16.8. The van der Waals surface area contributed by atoms with Crippen molar-refractivity contribution in [1.29, 1.82) is 0 Å². The molecule has 1 saturated heterocycles. The third-order valence-corrected chi connectivity index (χ3v) is 24.1. The molecule has 23 rings (SSSR count). The molecule has 18 aromatic carbocycles. The van der Waals surface area contributed by atoms with Crippen LogP contribution in [0.15, 0.2) is 388 Å². The van der Waals surface area contributed by atoms with E-state index < -0.39 is 18.3 Å². The quantitative estimate of drug-likeness (QED) is 0.0985. The zero-order chi connectivity index (χ0) is 80.6. The predicted molar refractivity (Wildman–Crippen MR) is 499 cm³/mol. The first-order chi connectivity index (χ1) is 58.9. The molecule has 10 nitrogen and oxygen atoms in total. The minimum Gasteiger partial charge on any atom is -0.399 e. The van der Waals surface area contributed by atoms with Gasteiger partial charge in [-0.05, 0) is 199 Å². The van der Waals surface area contributed by atoms with E-state index in [9.17, 15) is 0 Å². The monoisotopic (exact) mass is 1560 g/mol. The summed E-state index contributed by atoms with van der Waals surface area (Å²) in [5.74, 6) is 3.11. The third-order valence-electron chi connectivity index (χ3n) is 23.9. The van der Waals surface area contributed by atoms with E-state index in [1.807, 2.05) is 97.1 Å². The maximum Gasteiger partial charge on any atom is 0.495 e. The number of aromatic nitrogens is 8. The average molecular weight is 1560 g/mol. The molecule has 120 heavy (non-hydrogen) atoms. The highest BCUT2D eigenvalue weighted by Gasteiger charge is 2.52. The summed E-state index contributed by atoms with van der Waals surface area (Å²) >= 11 is 5.99. The standard InChI is InChI=1S/C51H32N4.C42H34BNO2.C15H10ClN3/c1-4-15-33(16-5-1)49-52-50(34-17-6-2-7-18-34)54-51(53-49)43-25-14-24-42-39-22-11-10-21-38(39)40-29-27-35(32-45(40)48(42)43)36-28-30-47-44(31-36)41-23-12-13-26-46(41)55(47)37-19-8-3-9-20-37;1-41(2)42(3,4)46-43(45-41)37-19-12-18-34-31-16-9-8-15-30(31)32-23-21-27(26-36(32)40(34)37)28-22-24-39-35(25-28)33-17-10-11-20-38(33)44(39)29-13-6-5-7-14-29;16-15-18-13(11-7-3-1-4-8-11)17-14(19-15)12-9-5-2-6-10-12/h1-32H;5-26H,1-4H3;1-10H. The van der Waals surface area contributed by atoms with Crippen LogP contribution in [0.25, 0.3) is 199 Å². The molecule has 0 aliphatic carbocycles. The summed E-state index contributed by atoms with van der Waals surface area (Å²) in [6, 6.07) is 137. The van der Waals surface area contributed by atoms with Gasteiger partial charge in [-0.2, -0.15) is 9.97 Å². The second kappa shape index (κ2) is 30.2. The van der Waals surface area contributed by atoms with Crippen molar-refractivity contribution in [3.63, 3.8) is 0 Å². The fourth-order valence-electron chi connectivity index (χ4n) is 17.5. The number of nitrogens with zero attached hydrogens (tertiary/aromatic N) is 8. The number of rotatable bonds is 10. The molecule has 0 bridgehead atoms. The Morgan fingerprint density at radius 3 is 0.942 bits per heavy atom. The van der Waals surface area contributed by atoms with Gasteiger partial charge in [0.15, 0.2) is 29.1 Å². The molecule has 22 aromatic rings. The summed E-state index contributed by atoms with van der Waals surface area (Å²) in [6.07, 6.45) is 0. The number of halogens is 1. The molecule has 1 fully saturated rings. The van der Waals surface area contributed by atoms with Gasteiger partial charge in [0.1, 0.15) is 0 Å². The Balaban J connectivity index is 0.000000123. The molecule has 4 aromatic heterocycles. The Labute approximate surface area is 699 Å². The van der Waals surface area contributed by atoms with Gasteiger partial charge in [0.25, 0.3) is 0 Å². The van der Waals surface area contributed by atoms with E-state index in [0.717, 1.165) is 55.3 Å². The lowest BCUT2D eigenvalue weighted by Crippen LogP contribution is -2.41. The van der Waals surface area contributed by atoms with E-state index in [2.05, 4.69) is 343 Å². The SMILES string of the molecule is CC1(C)OB(c2cccc3c4ccccc4c4ccc(-c5ccc6c(c5)c5ccccc5n6-c5ccccc5)cc4c23)OC1(C)C.Clc1nc(-c2ccccc2)nc(-c2ccccc2)n1.c1ccc(-c2nc(-c3ccccc3)nc(-c3cccc4c5ccccc5c5ccc(-c6ccc7c(c6)c6ccccc6n7-c6ccccc6)cc5c34)n2)cc1. The Bertz CT molecular complexity index is 7610. The average Bonchev–Trinajstić information content (AvgIpc) is 1.08. The van der Waals surface area contributed by atoms with Crippen LogP contribution in [0.1, 0.15) is 27.7 Å².